The van der Waals surface area contributed by atoms with Crippen molar-refractivity contribution in [2.45, 2.75) is 33.6 Å². The standard InChI is InChI=1S/C25H23FN4O3/c1-13-9-21-23(15(3)28-13)20-10-18(26)11-27-24(20)14(2)25(33)30(21)12-22(32)29-19-7-5-17(6-8-19)16(4)31/h5-11,14H,12H2,1-4H3,(H,29,32)/t14-/m1/s1. The normalized spacial score (nSPS) is 14.9. The van der Waals surface area contributed by atoms with Gasteiger partial charge in [-0.15, -0.1) is 0 Å². The van der Waals surface area contributed by atoms with Gasteiger partial charge in [0, 0.05) is 33.8 Å². The number of nitrogens with zero attached hydrogens (tertiary/aromatic N) is 3. The van der Waals surface area contributed by atoms with Gasteiger partial charge < -0.3 is 10.2 Å². The molecule has 0 saturated heterocycles. The highest BCUT2D eigenvalue weighted by atomic mass is 19.1. The van der Waals surface area contributed by atoms with Crippen LogP contribution in [0.25, 0.3) is 11.1 Å². The molecule has 0 saturated carbocycles. The molecule has 2 aromatic heterocycles. The van der Waals surface area contributed by atoms with Crippen molar-refractivity contribution in [1.82, 2.24) is 9.97 Å². The summed E-state index contributed by atoms with van der Waals surface area (Å²) in [4.78, 5) is 47.9. The van der Waals surface area contributed by atoms with Crippen LogP contribution in [0, 0.1) is 19.7 Å². The molecule has 7 nitrogen and oxygen atoms in total. The number of hydrogen-bond acceptors (Lipinski definition) is 5. The zero-order valence-electron chi connectivity index (χ0n) is 18.8. The smallest absolute Gasteiger partial charge is 0.244 e. The number of aryl methyl sites for hydroxylation is 2. The molecule has 0 radical (unpaired) electrons. The molecule has 8 heteroatoms. The predicted octanol–water partition coefficient (Wildman–Crippen LogP) is 4.19. The number of rotatable bonds is 4. The zero-order chi connectivity index (χ0) is 23.9. The molecule has 1 aliphatic heterocycles. The number of ketones is 1. The first-order valence-electron chi connectivity index (χ1n) is 10.5. The van der Waals surface area contributed by atoms with E-state index in [1.54, 1.807) is 51.1 Å². The number of hydrogen-bond donors (Lipinski definition) is 1. The Morgan fingerprint density at radius 3 is 2.52 bits per heavy atom. The van der Waals surface area contributed by atoms with E-state index in [4.69, 9.17) is 0 Å². The average Bonchev–Trinajstić information content (AvgIpc) is 2.83. The summed E-state index contributed by atoms with van der Waals surface area (Å²) in [6, 6.07) is 9.60. The van der Waals surface area contributed by atoms with Crippen molar-refractivity contribution in [1.29, 1.82) is 0 Å². The minimum Gasteiger partial charge on any atom is -0.325 e. The van der Waals surface area contributed by atoms with E-state index in [2.05, 4.69) is 15.3 Å². The SMILES string of the molecule is CC(=O)c1ccc(NC(=O)CN2C(=O)[C@H](C)c3ncc(F)cc3-c3c2cc(C)nc3C)cc1. The molecule has 0 aliphatic carbocycles. The highest BCUT2D eigenvalue weighted by molar-refractivity contribution is 6.09. The lowest BCUT2D eigenvalue weighted by molar-refractivity contribution is -0.122. The minimum absolute atomic E-state index is 0.0717. The van der Waals surface area contributed by atoms with Gasteiger partial charge in [-0.3, -0.25) is 24.4 Å². The molecule has 0 unspecified atom stereocenters. The van der Waals surface area contributed by atoms with Crippen molar-refractivity contribution in [3.8, 4) is 11.1 Å². The molecule has 4 rings (SSSR count). The molecule has 168 valence electrons. The molecule has 1 aromatic carbocycles. The number of benzene rings is 1. The number of carbonyl (C=O) groups is 3. The van der Waals surface area contributed by atoms with E-state index in [1.807, 2.05) is 0 Å². The van der Waals surface area contributed by atoms with Crippen LogP contribution in [0.2, 0.25) is 0 Å². The molecule has 1 N–H and O–H groups in total. The minimum atomic E-state index is -0.685. The molecule has 1 atom stereocenters. The molecule has 0 bridgehead atoms. The van der Waals surface area contributed by atoms with Crippen molar-refractivity contribution >= 4 is 29.0 Å². The molecule has 3 aromatic rings. The Bertz CT molecular complexity index is 1290. The number of pyridine rings is 2. The van der Waals surface area contributed by atoms with Gasteiger partial charge in [-0.2, -0.15) is 0 Å². The maximum atomic E-state index is 14.1. The Labute approximate surface area is 190 Å². The Morgan fingerprint density at radius 2 is 1.85 bits per heavy atom. The number of fused-ring (bicyclic) bond motifs is 3. The summed E-state index contributed by atoms with van der Waals surface area (Å²) >= 11 is 0. The maximum Gasteiger partial charge on any atom is 0.244 e. The third-order valence-electron chi connectivity index (χ3n) is 5.68. The van der Waals surface area contributed by atoms with Crippen LogP contribution >= 0.6 is 0 Å². The lowest BCUT2D eigenvalue weighted by Crippen LogP contribution is -2.40. The van der Waals surface area contributed by atoms with Gasteiger partial charge in [-0.25, -0.2) is 4.39 Å². The van der Waals surface area contributed by atoms with Crippen LogP contribution in [0.5, 0.6) is 0 Å². The fourth-order valence-electron chi connectivity index (χ4n) is 4.11. The first-order chi connectivity index (χ1) is 15.7. The second kappa shape index (κ2) is 8.54. The highest BCUT2D eigenvalue weighted by Gasteiger charge is 2.35. The van der Waals surface area contributed by atoms with Gasteiger partial charge in [-0.1, -0.05) is 0 Å². The van der Waals surface area contributed by atoms with Crippen LogP contribution in [0.4, 0.5) is 15.8 Å². The van der Waals surface area contributed by atoms with E-state index in [0.717, 1.165) is 6.20 Å². The van der Waals surface area contributed by atoms with Crippen LogP contribution in [0.3, 0.4) is 0 Å². The van der Waals surface area contributed by atoms with Crippen molar-refractivity contribution in [2.75, 3.05) is 16.8 Å². The monoisotopic (exact) mass is 446 g/mol. The largest absolute Gasteiger partial charge is 0.325 e. The van der Waals surface area contributed by atoms with Crippen molar-refractivity contribution in [3.63, 3.8) is 0 Å². The number of amides is 2. The van der Waals surface area contributed by atoms with Gasteiger partial charge in [0.15, 0.2) is 5.78 Å². The molecular weight excluding hydrogens is 423 g/mol. The molecular formula is C25H23FN4O3. The van der Waals surface area contributed by atoms with Gasteiger partial charge in [0.05, 0.1) is 23.5 Å². The van der Waals surface area contributed by atoms with Gasteiger partial charge in [-0.05, 0) is 64.1 Å². The van der Waals surface area contributed by atoms with Gasteiger partial charge in [0.1, 0.15) is 12.4 Å². The zero-order valence-corrected chi connectivity index (χ0v) is 18.8. The molecule has 33 heavy (non-hydrogen) atoms. The first kappa shape index (κ1) is 22.3. The fraction of sp³-hybridized carbons (Fsp3) is 0.240. The van der Waals surface area contributed by atoms with Gasteiger partial charge in [0.25, 0.3) is 0 Å². The number of nitrogens with one attached hydrogen (secondary N) is 1. The highest BCUT2D eigenvalue weighted by Crippen LogP contribution is 2.42. The lowest BCUT2D eigenvalue weighted by atomic mass is 9.96. The fourth-order valence-corrected chi connectivity index (χ4v) is 4.11. The lowest BCUT2D eigenvalue weighted by Gasteiger charge is -2.25. The molecule has 0 fully saturated rings. The van der Waals surface area contributed by atoms with E-state index < -0.39 is 17.6 Å². The summed E-state index contributed by atoms with van der Waals surface area (Å²) in [5.41, 5.74) is 4.35. The molecule has 1 aliphatic rings. The second-order valence-electron chi connectivity index (χ2n) is 8.16. The predicted molar refractivity (Wildman–Crippen MR) is 123 cm³/mol. The van der Waals surface area contributed by atoms with Crippen molar-refractivity contribution < 1.29 is 18.8 Å². The van der Waals surface area contributed by atoms with Crippen LogP contribution in [0.15, 0.2) is 42.6 Å². The van der Waals surface area contributed by atoms with E-state index in [1.165, 1.54) is 17.9 Å². The van der Waals surface area contributed by atoms with Crippen LogP contribution in [-0.4, -0.2) is 34.1 Å². The summed E-state index contributed by atoms with van der Waals surface area (Å²) in [5, 5.41) is 2.77. The Kier molecular flexibility index (Phi) is 5.76. The van der Waals surface area contributed by atoms with E-state index in [9.17, 15) is 18.8 Å². The van der Waals surface area contributed by atoms with Crippen molar-refractivity contribution in [3.05, 3.63) is 71.1 Å². The number of halogens is 1. The molecule has 0 spiro atoms. The Hall–Kier alpha value is -3.94. The summed E-state index contributed by atoms with van der Waals surface area (Å²) < 4.78 is 14.1. The Balaban J connectivity index is 1.72. The number of Topliss-reactive ketones (excluding diaryl/α,β-unsaturated/α-hetero) is 1. The molecule has 3 heterocycles. The van der Waals surface area contributed by atoms with Gasteiger partial charge >= 0.3 is 0 Å². The first-order valence-corrected chi connectivity index (χ1v) is 10.5. The second-order valence-corrected chi connectivity index (χ2v) is 8.16. The summed E-state index contributed by atoms with van der Waals surface area (Å²) in [5.74, 6) is -2.00. The number of anilines is 2. The summed E-state index contributed by atoms with van der Waals surface area (Å²) in [7, 11) is 0. The third kappa shape index (κ3) is 4.24. The number of aromatic nitrogens is 2. The number of carbonyl (C=O) groups excluding carboxylic acids is 3. The van der Waals surface area contributed by atoms with Crippen LogP contribution in [0.1, 0.15) is 47.2 Å². The van der Waals surface area contributed by atoms with E-state index in [0.29, 0.717) is 45.1 Å². The van der Waals surface area contributed by atoms with E-state index >= 15 is 0 Å². The summed E-state index contributed by atoms with van der Waals surface area (Å²) in [6.07, 6.45) is 1.09. The third-order valence-corrected chi connectivity index (χ3v) is 5.68. The topological polar surface area (TPSA) is 92.3 Å². The maximum absolute atomic E-state index is 14.1. The van der Waals surface area contributed by atoms with Crippen LogP contribution < -0.4 is 10.2 Å². The quantitative estimate of drug-likeness (QED) is 0.607. The van der Waals surface area contributed by atoms with E-state index in [-0.39, 0.29) is 18.2 Å². The Morgan fingerprint density at radius 1 is 1.15 bits per heavy atom. The van der Waals surface area contributed by atoms with Gasteiger partial charge in [0.2, 0.25) is 11.8 Å². The van der Waals surface area contributed by atoms with Crippen molar-refractivity contribution in [2.24, 2.45) is 0 Å². The molecule has 2 amide bonds. The summed E-state index contributed by atoms with van der Waals surface area (Å²) in [6.45, 7) is 6.50. The average molecular weight is 446 g/mol. The van der Waals surface area contributed by atoms with Crippen LogP contribution in [-0.2, 0) is 9.59 Å².